The lowest BCUT2D eigenvalue weighted by atomic mass is 10.1. The van der Waals surface area contributed by atoms with Crippen molar-refractivity contribution < 1.29 is 14.7 Å². The summed E-state index contributed by atoms with van der Waals surface area (Å²) in [6.45, 7) is 0.918. The van der Waals surface area contributed by atoms with E-state index in [-0.39, 0.29) is 12.6 Å². The monoisotopic (exact) mass is 286 g/mol. The van der Waals surface area contributed by atoms with Gasteiger partial charge >= 0.3 is 12.0 Å². The first-order valence-corrected chi connectivity index (χ1v) is 6.49. The van der Waals surface area contributed by atoms with Crippen LogP contribution < -0.4 is 5.32 Å². The number of carbonyl (C=O) groups excluding carboxylic acids is 1. The van der Waals surface area contributed by atoms with Gasteiger partial charge in [-0.25, -0.2) is 4.79 Å². The molecule has 0 unspecified atom stereocenters. The highest BCUT2D eigenvalue weighted by Gasteiger charge is 2.23. The molecule has 108 valence electrons. The molecule has 7 heteroatoms. The summed E-state index contributed by atoms with van der Waals surface area (Å²) in [7, 11) is 0. The minimum atomic E-state index is -0.981. The molecule has 1 aliphatic rings. The Morgan fingerprint density at radius 1 is 1.24 bits per heavy atom. The van der Waals surface area contributed by atoms with E-state index in [1.54, 1.807) is 4.90 Å². The van der Waals surface area contributed by atoms with Crippen molar-refractivity contribution in [2.24, 2.45) is 0 Å². The first-order valence-electron chi connectivity index (χ1n) is 6.49. The van der Waals surface area contributed by atoms with E-state index >= 15 is 0 Å². The number of hydrogen-bond acceptors (Lipinski definition) is 3. The molecular formula is C14H14N4O3. The molecule has 2 amide bonds. The van der Waals surface area contributed by atoms with Crippen LogP contribution in [0.3, 0.4) is 0 Å². The minimum Gasteiger partial charge on any atom is -0.480 e. The number of carboxylic acid groups (broad SMARTS) is 1. The van der Waals surface area contributed by atoms with Crippen molar-refractivity contribution in [3.8, 4) is 0 Å². The average Bonchev–Trinajstić information content (AvgIpc) is 3.04. The molecule has 2 heterocycles. The normalized spacial score (nSPS) is 13.0. The fraction of sp³-hybridized carbons (Fsp3) is 0.214. The summed E-state index contributed by atoms with van der Waals surface area (Å²) in [5.74, 6) is -0.981. The van der Waals surface area contributed by atoms with Crippen LogP contribution in [0.4, 0.5) is 10.5 Å². The highest BCUT2D eigenvalue weighted by atomic mass is 16.4. The lowest BCUT2D eigenvalue weighted by Gasteiger charge is -2.15. The zero-order chi connectivity index (χ0) is 14.8. The van der Waals surface area contributed by atoms with Crippen LogP contribution in [0, 0.1) is 0 Å². The molecule has 0 radical (unpaired) electrons. The predicted octanol–water partition coefficient (Wildman–Crippen LogP) is 1.52. The molecule has 0 atom stereocenters. The van der Waals surface area contributed by atoms with Crippen LogP contribution in [-0.2, 0) is 24.4 Å². The van der Waals surface area contributed by atoms with Gasteiger partial charge in [0.2, 0.25) is 0 Å². The van der Waals surface area contributed by atoms with E-state index in [2.05, 4.69) is 10.4 Å². The summed E-state index contributed by atoms with van der Waals surface area (Å²) in [5, 5.41) is 15.3. The number of aromatic nitrogens is 2. The smallest absolute Gasteiger partial charge is 0.325 e. The van der Waals surface area contributed by atoms with Crippen molar-refractivity contribution in [1.29, 1.82) is 0 Å². The number of amides is 2. The van der Waals surface area contributed by atoms with Crippen molar-refractivity contribution in [2.45, 2.75) is 19.6 Å². The molecule has 1 aromatic heterocycles. The van der Waals surface area contributed by atoms with Gasteiger partial charge in [0.15, 0.2) is 0 Å². The van der Waals surface area contributed by atoms with Gasteiger partial charge in [-0.1, -0.05) is 24.3 Å². The lowest BCUT2D eigenvalue weighted by Crippen LogP contribution is -2.30. The molecule has 3 rings (SSSR count). The van der Waals surface area contributed by atoms with E-state index in [0.717, 1.165) is 11.1 Å². The maximum atomic E-state index is 12.2. The highest BCUT2D eigenvalue weighted by molar-refractivity contribution is 5.89. The summed E-state index contributed by atoms with van der Waals surface area (Å²) in [4.78, 5) is 24.4. The van der Waals surface area contributed by atoms with Crippen molar-refractivity contribution >= 4 is 17.7 Å². The van der Waals surface area contributed by atoms with Crippen LogP contribution in [0.25, 0.3) is 0 Å². The third kappa shape index (κ3) is 2.86. The number of carbonyl (C=O) groups is 2. The van der Waals surface area contributed by atoms with E-state index in [0.29, 0.717) is 18.8 Å². The van der Waals surface area contributed by atoms with Gasteiger partial charge in [-0.05, 0) is 11.1 Å². The molecule has 0 fully saturated rings. The quantitative estimate of drug-likeness (QED) is 0.895. The Bertz CT molecular complexity index is 670. The summed E-state index contributed by atoms with van der Waals surface area (Å²) in [6, 6.07) is 7.70. The second kappa shape index (κ2) is 5.28. The summed E-state index contributed by atoms with van der Waals surface area (Å²) >= 11 is 0. The Kier molecular flexibility index (Phi) is 3.31. The van der Waals surface area contributed by atoms with Gasteiger partial charge < -0.3 is 15.3 Å². The molecule has 7 nitrogen and oxygen atoms in total. The number of urea groups is 1. The molecule has 0 aliphatic carbocycles. The SMILES string of the molecule is O=C(O)Cn1cc(NC(=O)N2Cc3ccccc3C2)cn1. The first-order chi connectivity index (χ1) is 10.1. The van der Waals surface area contributed by atoms with Gasteiger partial charge in [-0.2, -0.15) is 5.10 Å². The van der Waals surface area contributed by atoms with Gasteiger partial charge in [-0.3, -0.25) is 9.48 Å². The summed E-state index contributed by atoms with van der Waals surface area (Å²) in [5.41, 5.74) is 2.78. The Balaban J connectivity index is 1.63. The van der Waals surface area contributed by atoms with Crippen LogP contribution in [0.1, 0.15) is 11.1 Å². The van der Waals surface area contributed by atoms with Crippen molar-refractivity contribution in [2.75, 3.05) is 5.32 Å². The predicted molar refractivity (Wildman–Crippen MR) is 74.6 cm³/mol. The van der Waals surface area contributed by atoms with Gasteiger partial charge in [-0.15, -0.1) is 0 Å². The maximum Gasteiger partial charge on any atom is 0.325 e. The largest absolute Gasteiger partial charge is 0.480 e. The zero-order valence-corrected chi connectivity index (χ0v) is 11.2. The minimum absolute atomic E-state index is 0.221. The number of rotatable bonds is 3. The van der Waals surface area contributed by atoms with E-state index in [9.17, 15) is 9.59 Å². The number of benzene rings is 1. The van der Waals surface area contributed by atoms with Gasteiger partial charge in [0.05, 0.1) is 11.9 Å². The Morgan fingerprint density at radius 3 is 2.52 bits per heavy atom. The van der Waals surface area contributed by atoms with Crippen LogP contribution in [0.15, 0.2) is 36.7 Å². The number of anilines is 1. The average molecular weight is 286 g/mol. The van der Waals surface area contributed by atoms with Crippen LogP contribution in [0.5, 0.6) is 0 Å². The molecule has 2 aromatic rings. The lowest BCUT2D eigenvalue weighted by molar-refractivity contribution is -0.137. The van der Waals surface area contributed by atoms with Crippen molar-refractivity contribution in [1.82, 2.24) is 14.7 Å². The number of fused-ring (bicyclic) bond motifs is 1. The molecule has 21 heavy (non-hydrogen) atoms. The van der Waals surface area contributed by atoms with Gasteiger partial charge in [0.1, 0.15) is 6.54 Å². The second-order valence-corrected chi connectivity index (χ2v) is 4.88. The molecule has 1 aliphatic heterocycles. The topological polar surface area (TPSA) is 87.5 Å². The molecule has 2 N–H and O–H groups in total. The van der Waals surface area contributed by atoms with Crippen molar-refractivity contribution in [3.63, 3.8) is 0 Å². The van der Waals surface area contributed by atoms with Crippen LogP contribution >= 0.6 is 0 Å². The van der Waals surface area contributed by atoms with E-state index < -0.39 is 5.97 Å². The van der Waals surface area contributed by atoms with E-state index in [1.807, 2.05) is 24.3 Å². The highest BCUT2D eigenvalue weighted by Crippen LogP contribution is 2.22. The number of aliphatic carboxylic acids is 1. The Morgan fingerprint density at radius 2 is 1.90 bits per heavy atom. The third-order valence-electron chi connectivity index (χ3n) is 3.31. The standard InChI is InChI=1S/C14H14N4O3/c19-13(20)9-18-8-12(5-15-18)16-14(21)17-6-10-3-1-2-4-11(10)7-17/h1-5,8H,6-7,9H2,(H,16,21)(H,19,20). The van der Waals surface area contributed by atoms with Crippen LogP contribution in [-0.4, -0.2) is 31.8 Å². The number of carboxylic acids is 1. The second-order valence-electron chi connectivity index (χ2n) is 4.88. The molecule has 0 saturated heterocycles. The van der Waals surface area contributed by atoms with E-state index in [1.165, 1.54) is 17.1 Å². The van der Waals surface area contributed by atoms with Gasteiger partial charge in [0.25, 0.3) is 0 Å². The molecule has 1 aromatic carbocycles. The zero-order valence-electron chi connectivity index (χ0n) is 11.2. The van der Waals surface area contributed by atoms with Gasteiger partial charge in [0, 0.05) is 19.3 Å². The fourth-order valence-corrected chi connectivity index (χ4v) is 2.33. The van der Waals surface area contributed by atoms with Crippen LogP contribution in [0.2, 0.25) is 0 Å². The Hall–Kier alpha value is -2.83. The molecule has 0 bridgehead atoms. The number of hydrogen-bond donors (Lipinski definition) is 2. The fourth-order valence-electron chi connectivity index (χ4n) is 2.33. The summed E-state index contributed by atoms with van der Waals surface area (Å²) < 4.78 is 1.26. The number of nitrogens with zero attached hydrogens (tertiary/aromatic N) is 3. The Labute approximate surface area is 120 Å². The molecular weight excluding hydrogens is 272 g/mol. The van der Waals surface area contributed by atoms with Crippen molar-refractivity contribution in [3.05, 3.63) is 47.8 Å². The van der Waals surface area contributed by atoms with E-state index in [4.69, 9.17) is 5.11 Å². The molecule has 0 saturated carbocycles. The number of nitrogens with one attached hydrogen (secondary N) is 1. The summed E-state index contributed by atoms with van der Waals surface area (Å²) in [6.07, 6.45) is 2.93. The molecule has 0 spiro atoms. The maximum absolute atomic E-state index is 12.2. The first kappa shape index (κ1) is 13.2. The third-order valence-corrected chi connectivity index (χ3v) is 3.31.